The Morgan fingerprint density at radius 2 is 2.14 bits per heavy atom. The van der Waals surface area contributed by atoms with Crippen molar-refractivity contribution in [2.45, 2.75) is 0 Å². The molecule has 0 saturated heterocycles. The molecule has 0 bridgehead atoms. The van der Waals surface area contributed by atoms with E-state index >= 15 is 0 Å². The van der Waals surface area contributed by atoms with Crippen LogP contribution in [0.5, 0.6) is 5.75 Å². The Balaban J connectivity index is 0. The molecule has 0 unspecified atom stereocenters. The fourth-order valence-corrected chi connectivity index (χ4v) is 1.03. The summed E-state index contributed by atoms with van der Waals surface area (Å²) in [6, 6.07) is 3.63. The zero-order valence-corrected chi connectivity index (χ0v) is 11.8. The first kappa shape index (κ1) is 16.3. The molecule has 0 aliphatic rings. The van der Waals surface area contributed by atoms with Crippen LogP contribution in [0.4, 0.5) is 0 Å². The Morgan fingerprint density at radius 3 is 2.50 bits per heavy atom. The zero-order valence-electron chi connectivity index (χ0n) is 8.24. The minimum Gasteiger partial charge on any atom is -0.857 e. The van der Waals surface area contributed by atoms with E-state index in [0.29, 0.717) is 15.9 Å². The second kappa shape index (κ2) is 9.44. The number of halogens is 1. The first-order valence-corrected chi connectivity index (χ1v) is 4.07. The molecule has 0 N–H and O–H groups in total. The van der Waals surface area contributed by atoms with Crippen molar-refractivity contribution in [2.24, 2.45) is 0 Å². The molecule has 0 spiro atoms. The van der Waals surface area contributed by atoms with Crippen LogP contribution < -0.4 is 39.4 Å². The van der Waals surface area contributed by atoms with Crippen LogP contribution in [0.25, 0.3) is 0 Å². The van der Waals surface area contributed by atoms with Gasteiger partial charge in [-0.1, -0.05) is 0 Å². The van der Waals surface area contributed by atoms with Gasteiger partial charge in [-0.15, -0.1) is 0 Å². The van der Waals surface area contributed by atoms with Crippen LogP contribution in [0.15, 0.2) is 16.7 Å². The minimum absolute atomic E-state index is 0. The van der Waals surface area contributed by atoms with Gasteiger partial charge in [0.05, 0.1) is 17.8 Å². The number of hydrogen-bond acceptors (Lipinski definition) is 4. The van der Waals surface area contributed by atoms with Crippen LogP contribution in [-0.2, 0) is 0 Å². The van der Waals surface area contributed by atoms with Crippen molar-refractivity contribution in [1.29, 1.82) is 5.26 Å². The molecular weight excluding hydrogens is 259 g/mol. The van der Waals surface area contributed by atoms with Crippen molar-refractivity contribution in [3.8, 4) is 11.8 Å². The van der Waals surface area contributed by atoms with Crippen molar-refractivity contribution >= 4 is 15.9 Å². The van der Waals surface area contributed by atoms with Gasteiger partial charge in [-0.2, -0.15) is 12.4 Å². The molecule has 0 aromatic carbocycles. The largest absolute Gasteiger partial charge is 1.00 e. The molecule has 0 fully saturated rings. The van der Waals surface area contributed by atoms with Crippen LogP contribution in [0.1, 0.15) is 5.69 Å². The van der Waals surface area contributed by atoms with Gasteiger partial charge in [0.2, 0.25) is 0 Å². The Labute approximate surface area is 113 Å². The molecule has 0 aliphatic carbocycles. The Hall–Kier alpha value is -0.120. The molecular formula is C8H8BrN2NaO2. The molecule has 0 atom stereocenters. The van der Waals surface area contributed by atoms with Gasteiger partial charge in [-0.25, -0.2) is 4.98 Å². The molecule has 4 nitrogen and oxygen atoms in total. The fourth-order valence-electron chi connectivity index (χ4n) is 0.614. The monoisotopic (exact) mass is 266 g/mol. The number of aromatic nitrogens is 1. The quantitative estimate of drug-likeness (QED) is 0.537. The van der Waals surface area contributed by atoms with Gasteiger partial charge < -0.3 is 9.84 Å². The summed E-state index contributed by atoms with van der Waals surface area (Å²) in [4.78, 5) is 3.83. The van der Waals surface area contributed by atoms with E-state index in [-0.39, 0.29) is 29.6 Å². The molecule has 6 heteroatoms. The van der Waals surface area contributed by atoms with E-state index in [9.17, 15) is 0 Å². The van der Waals surface area contributed by atoms with Gasteiger partial charge in [-0.05, 0) is 22.0 Å². The summed E-state index contributed by atoms with van der Waals surface area (Å²) >= 11 is 3.18. The minimum atomic E-state index is 0. The van der Waals surface area contributed by atoms with Crippen molar-refractivity contribution < 1.29 is 39.4 Å². The molecule has 14 heavy (non-hydrogen) atoms. The second-order valence-corrected chi connectivity index (χ2v) is 2.67. The predicted molar refractivity (Wildman–Crippen MR) is 49.1 cm³/mol. The summed E-state index contributed by atoms with van der Waals surface area (Å²) in [5, 5.41) is 16.7. The topological polar surface area (TPSA) is 69.0 Å². The maximum absolute atomic E-state index is 8.50. The Kier molecular flexibility index (Phi) is 11.0. The second-order valence-electron chi connectivity index (χ2n) is 1.82. The SMILES string of the molecule is COc1cnc(C#N)c(Br)c1.C[O-].[Na+]. The number of rotatable bonds is 1. The zero-order chi connectivity index (χ0) is 10.3. The summed E-state index contributed by atoms with van der Waals surface area (Å²) in [6.45, 7) is 0. The van der Waals surface area contributed by atoms with Crippen LogP contribution in [-0.4, -0.2) is 19.2 Å². The molecule has 1 heterocycles. The van der Waals surface area contributed by atoms with Crippen molar-refractivity contribution in [2.75, 3.05) is 14.2 Å². The van der Waals surface area contributed by atoms with Crippen molar-refractivity contribution in [1.82, 2.24) is 4.98 Å². The summed E-state index contributed by atoms with van der Waals surface area (Å²) < 4.78 is 5.54. The first-order valence-electron chi connectivity index (χ1n) is 3.28. The summed E-state index contributed by atoms with van der Waals surface area (Å²) in [5.74, 6) is 0.635. The third-order valence-electron chi connectivity index (χ3n) is 1.16. The molecule has 0 radical (unpaired) electrons. The number of methoxy groups -OCH3 is 1. The van der Waals surface area contributed by atoms with Crippen LogP contribution in [0.3, 0.4) is 0 Å². The van der Waals surface area contributed by atoms with Crippen molar-refractivity contribution in [3.05, 3.63) is 22.4 Å². The van der Waals surface area contributed by atoms with E-state index in [1.165, 1.54) is 6.20 Å². The first-order chi connectivity index (χ1) is 6.27. The number of ether oxygens (including phenoxy) is 1. The van der Waals surface area contributed by atoms with E-state index in [2.05, 4.69) is 20.9 Å². The molecule has 0 amide bonds. The van der Waals surface area contributed by atoms with Gasteiger partial charge in [0, 0.05) is 0 Å². The Morgan fingerprint density at radius 1 is 1.57 bits per heavy atom. The summed E-state index contributed by atoms with van der Waals surface area (Å²) in [6.07, 6.45) is 1.50. The van der Waals surface area contributed by atoms with E-state index in [4.69, 9.17) is 15.1 Å². The maximum atomic E-state index is 8.50. The third kappa shape index (κ3) is 4.94. The average Bonchev–Trinajstić information content (AvgIpc) is 2.20. The number of hydrogen-bond donors (Lipinski definition) is 0. The summed E-state index contributed by atoms with van der Waals surface area (Å²) in [7, 11) is 2.30. The number of nitriles is 1. The summed E-state index contributed by atoms with van der Waals surface area (Å²) in [5.41, 5.74) is 0.366. The predicted octanol–water partition coefficient (Wildman–Crippen LogP) is -2.30. The molecule has 0 aliphatic heterocycles. The standard InChI is InChI=1S/C7H5BrN2O.CH3O.Na/c1-11-5-2-6(8)7(3-9)10-4-5;1-2;/h2,4H,1H3;1H3;/q;-1;+1. The van der Waals surface area contributed by atoms with E-state index < -0.39 is 0 Å². The molecule has 1 aromatic heterocycles. The Bertz CT molecular complexity index is 315. The molecule has 1 aromatic rings. The maximum Gasteiger partial charge on any atom is 1.00 e. The fraction of sp³-hybridized carbons (Fsp3) is 0.250. The number of pyridine rings is 1. The van der Waals surface area contributed by atoms with E-state index in [1.54, 1.807) is 13.2 Å². The van der Waals surface area contributed by atoms with Crippen LogP contribution >= 0.6 is 15.9 Å². The van der Waals surface area contributed by atoms with Gasteiger partial charge >= 0.3 is 29.6 Å². The normalized spacial score (nSPS) is 7.36. The molecule has 70 valence electrons. The van der Waals surface area contributed by atoms with E-state index in [1.807, 2.05) is 6.07 Å². The van der Waals surface area contributed by atoms with Gasteiger partial charge in [0.25, 0.3) is 0 Å². The smallest absolute Gasteiger partial charge is 0.857 e. The van der Waals surface area contributed by atoms with Crippen molar-refractivity contribution in [3.63, 3.8) is 0 Å². The van der Waals surface area contributed by atoms with Crippen LogP contribution in [0, 0.1) is 11.3 Å². The molecule has 0 saturated carbocycles. The third-order valence-corrected chi connectivity index (χ3v) is 1.76. The van der Waals surface area contributed by atoms with Gasteiger partial charge in [0.15, 0.2) is 5.69 Å². The van der Waals surface area contributed by atoms with Gasteiger partial charge in [0.1, 0.15) is 11.8 Å². The van der Waals surface area contributed by atoms with E-state index in [0.717, 1.165) is 7.11 Å². The molecule has 1 rings (SSSR count). The van der Waals surface area contributed by atoms with Gasteiger partial charge in [-0.3, -0.25) is 0 Å². The average molecular weight is 267 g/mol. The van der Waals surface area contributed by atoms with Crippen LogP contribution in [0.2, 0.25) is 0 Å². The number of nitrogens with zero attached hydrogens (tertiary/aromatic N) is 2.